The molecule has 1 aromatic heterocycles. The first-order chi connectivity index (χ1) is 7.54. The highest BCUT2D eigenvalue weighted by molar-refractivity contribution is 5.29. The van der Waals surface area contributed by atoms with E-state index in [1.165, 1.54) is 0 Å². The Bertz CT molecular complexity index is 340. The molecule has 0 aromatic carbocycles. The monoisotopic (exact) mass is 224 g/mol. The van der Waals surface area contributed by atoms with Gasteiger partial charge in [-0.3, -0.25) is 4.98 Å². The largest absolute Gasteiger partial charge is 0.486 e. The SMILES string of the molecule is CNCc1nc(C)ccc1OC(C)C(C)O. The summed E-state index contributed by atoms with van der Waals surface area (Å²) in [4.78, 5) is 4.41. The van der Waals surface area contributed by atoms with Gasteiger partial charge in [-0.15, -0.1) is 0 Å². The van der Waals surface area contributed by atoms with E-state index < -0.39 is 6.10 Å². The van der Waals surface area contributed by atoms with Crippen molar-refractivity contribution >= 4 is 0 Å². The van der Waals surface area contributed by atoms with E-state index in [2.05, 4.69) is 10.3 Å². The molecule has 16 heavy (non-hydrogen) atoms. The average molecular weight is 224 g/mol. The molecular weight excluding hydrogens is 204 g/mol. The molecule has 0 aliphatic heterocycles. The minimum atomic E-state index is -0.497. The number of aryl methyl sites for hydroxylation is 1. The number of pyridine rings is 1. The van der Waals surface area contributed by atoms with Crippen LogP contribution in [0.1, 0.15) is 25.2 Å². The van der Waals surface area contributed by atoms with Crippen molar-refractivity contribution in [3.63, 3.8) is 0 Å². The van der Waals surface area contributed by atoms with Crippen LogP contribution < -0.4 is 10.1 Å². The van der Waals surface area contributed by atoms with Crippen molar-refractivity contribution in [2.45, 2.75) is 39.5 Å². The molecule has 0 saturated carbocycles. The van der Waals surface area contributed by atoms with Crippen LogP contribution in [0, 0.1) is 6.92 Å². The Balaban J connectivity index is 2.85. The van der Waals surface area contributed by atoms with E-state index in [1.807, 2.05) is 33.0 Å². The minimum Gasteiger partial charge on any atom is -0.486 e. The van der Waals surface area contributed by atoms with E-state index in [1.54, 1.807) is 6.92 Å². The summed E-state index contributed by atoms with van der Waals surface area (Å²) in [5, 5.41) is 12.4. The number of aromatic nitrogens is 1. The summed E-state index contributed by atoms with van der Waals surface area (Å²) in [7, 11) is 1.87. The lowest BCUT2D eigenvalue weighted by molar-refractivity contribution is 0.0594. The quantitative estimate of drug-likeness (QED) is 0.790. The zero-order valence-corrected chi connectivity index (χ0v) is 10.3. The molecule has 0 amide bonds. The molecule has 2 unspecified atom stereocenters. The first kappa shape index (κ1) is 12.9. The molecule has 0 fully saturated rings. The summed E-state index contributed by atoms with van der Waals surface area (Å²) in [6.07, 6.45) is -0.733. The fourth-order valence-corrected chi connectivity index (χ4v) is 1.30. The van der Waals surface area contributed by atoms with E-state index >= 15 is 0 Å². The van der Waals surface area contributed by atoms with Gasteiger partial charge in [-0.2, -0.15) is 0 Å². The topological polar surface area (TPSA) is 54.4 Å². The van der Waals surface area contributed by atoms with Gasteiger partial charge in [0, 0.05) is 12.2 Å². The van der Waals surface area contributed by atoms with Crippen molar-refractivity contribution in [3.05, 3.63) is 23.5 Å². The Kier molecular flexibility index (Phi) is 4.71. The normalized spacial score (nSPS) is 14.6. The smallest absolute Gasteiger partial charge is 0.142 e. The highest BCUT2D eigenvalue weighted by Crippen LogP contribution is 2.19. The third-order valence-electron chi connectivity index (χ3n) is 2.41. The molecule has 0 aliphatic carbocycles. The summed E-state index contributed by atoms with van der Waals surface area (Å²) in [6.45, 7) is 6.16. The van der Waals surface area contributed by atoms with Gasteiger partial charge in [0.25, 0.3) is 0 Å². The molecule has 2 N–H and O–H groups in total. The molecule has 90 valence electrons. The van der Waals surface area contributed by atoms with E-state index in [9.17, 15) is 5.11 Å². The fourth-order valence-electron chi connectivity index (χ4n) is 1.30. The van der Waals surface area contributed by atoms with Gasteiger partial charge in [-0.05, 0) is 40.0 Å². The maximum atomic E-state index is 9.40. The van der Waals surface area contributed by atoms with Gasteiger partial charge < -0.3 is 15.2 Å². The van der Waals surface area contributed by atoms with Crippen LogP contribution in [0.25, 0.3) is 0 Å². The molecule has 4 heteroatoms. The number of ether oxygens (including phenoxy) is 1. The summed E-state index contributed by atoms with van der Waals surface area (Å²) in [5.74, 6) is 0.730. The van der Waals surface area contributed by atoms with E-state index in [-0.39, 0.29) is 6.10 Å². The lowest BCUT2D eigenvalue weighted by atomic mass is 10.2. The van der Waals surface area contributed by atoms with E-state index in [0.29, 0.717) is 6.54 Å². The zero-order valence-electron chi connectivity index (χ0n) is 10.3. The number of nitrogens with zero attached hydrogens (tertiary/aromatic N) is 1. The lowest BCUT2D eigenvalue weighted by Crippen LogP contribution is -2.26. The molecule has 0 saturated heterocycles. The van der Waals surface area contributed by atoms with Crippen molar-refractivity contribution < 1.29 is 9.84 Å². The highest BCUT2D eigenvalue weighted by atomic mass is 16.5. The van der Waals surface area contributed by atoms with Crippen molar-refractivity contribution in [1.29, 1.82) is 0 Å². The molecule has 1 rings (SSSR count). The molecule has 4 nitrogen and oxygen atoms in total. The Labute approximate surface area is 96.7 Å². The average Bonchev–Trinajstić information content (AvgIpc) is 2.22. The summed E-state index contributed by atoms with van der Waals surface area (Å²) >= 11 is 0. The van der Waals surface area contributed by atoms with Crippen LogP contribution in [0.15, 0.2) is 12.1 Å². The van der Waals surface area contributed by atoms with Crippen LogP contribution in [0.4, 0.5) is 0 Å². The number of aliphatic hydroxyl groups excluding tert-OH is 1. The molecule has 0 aliphatic rings. The predicted octanol–water partition coefficient (Wildman–Crippen LogP) is 1.26. The number of aliphatic hydroxyl groups is 1. The van der Waals surface area contributed by atoms with Gasteiger partial charge >= 0.3 is 0 Å². The van der Waals surface area contributed by atoms with Crippen LogP contribution in [-0.2, 0) is 6.54 Å². The number of hydrogen-bond acceptors (Lipinski definition) is 4. The van der Waals surface area contributed by atoms with Gasteiger partial charge in [0.2, 0.25) is 0 Å². The highest BCUT2D eigenvalue weighted by Gasteiger charge is 2.13. The number of hydrogen-bond donors (Lipinski definition) is 2. The number of nitrogens with one attached hydrogen (secondary N) is 1. The summed E-state index contributed by atoms with van der Waals surface area (Å²) in [6, 6.07) is 3.80. The van der Waals surface area contributed by atoms with Crippen molar-refractivity contribution in [2.75, 3.05) is 7.05 Å². The molecular formula is C12H20N2O2. The second-order valence-corrected chi connectivity index (χ2v) is 3.99. The Morgan fingerprint density at radius 3 is 2.69 bits per heavy atom. The van der Waals surface area contributed by atoms with Crippen molar-refractivity contribution in [1.82, 2.24) is 10.3 Å². The first-order valence-corrected chi connectivity index (χ1v) is 5.50. The summed E-state index contributed by atoms with van der Waals surface area (Å²) in [5.41, 5.74) is 1.83. The second-order valence-electron chi connectivity index (χ2n) is 3.99. The Morgan fingerprint density at radius 2 is 2.12 bits per heavy atom. The predicted molar refractivity (Wildman–Crippen MR) is 63.5 cm³/mol. The van der Waals surface area contributed by atoms with Crippen molar-refractivity contribution in [3.8, 4) is 5.75 Å². The summed E-state index contributed by atoms with van der Waals surface area (Å²) < 4.78 is 5.66. The van der Waals surface area contributed by atoms with Crippen LogP contribution in [0.3, 0.4) is 0 Å². The molecule has 0 bridgehead atoms. The van der Waals surface area contributed by atoms with E-state index in [4.69, 9.17) is 4.74 Å². The maximum absolute atomic E-state index is 9.40. The van der Waals surface area contributed by atoms with Gasteiger partial charge in [0.15, 0.2) is 0 Å². The van der Waals surface area contributed by atoms with Gasteiger partial charge in [-0.25, -0.2) is 0 Å². The van der Waals surface area contributed by atoms with Gasteiger partial charge in [-0.1, -0.05) is 0 Å². The molecule has 1 aromatic rings. The third-order valence-corrected chi connectivity index (χ3v) is 2.41. The van der Waals surface area contributed by atoms with Crippen LogP contribution in [0.2, 0.25) is 0 Å². The standard InChI is InChI=1S/C12H20N2O2/c1-8-5-6-12(11(14-8)7-13-4)16-10(3)9(2)15/h5-6,9-10,13,15H,7H2,1-4H3. The zero-order chi connectivity index (χ0) is 12.1. The van der Waals surface area contributed by atoms with Crippen LogP contribution >= 0.6 is 0 Å². The fraction of sp³-hybridized carbons (Fsp3) is 0.583. The third kappa shape index (κ3) is 3.47. The van der Waals surface area contributed by atoms with Crippen LogP contribution in [0.5, 0.6) is 5.75 Å². The van der Waals surface area contributed by atoms with Gasteiger partial charge in [0.05, 0.1) is 11.8 Å². The first-order valence-electron chi connectivity index (χ1n) is 5.50. The Morgan fingerprint density at radius 1 is 1.44 bits per heavy atom. The molecule has 0 spiro atoms. The van der Waals surface area contributed by atoms with E-state index in [0.717, 1.165) is 17.1 Å². The van der Waals surface area contributed by atoms with Gasteiger partial charge in [0.1, 0.15) is 11.9 Å². The molecule has 0 radical (unpaired) electrons. The maximum Gasteiger partial charge on any atom is 0.142 e. The van der Waals surface area contributed by atoms with Crippen LogP contribution in [-0.4, -0.2) is 29.3 Å². The molecule has 2 atom stereocenters. The minimum absolute atomic E-state index is 0.236. The lowest BCUT2D eigenvalue weighted by Gasteiger charge is -2.19. The molecule has 1 heterocycles. The number of rotatable bonds is 5. The Hall–Kier alpha value is -1.13. The second kappa shape index (κ2) is 5.82. The van der Waals surface area contributed by atoms with Crippen molar-refractivity contribution in [2.24, 2.45) is 0 Å².